The molecule has 1 aliphatic rings. The van der Waals surface area contributed by atoms with Crippen molar-refractivity contribution in [3.05, 3.63) is 59.8 Å². The van der Waals surface area contributed by atoms with Crippen molar-refractivity contribution in [3.63, 3.8) is 0 Å². The van der Waals surface area contributed by atoms with Gasteiger partial charge in [-0.1, -0.05) is 17.7 Å². The van der Waals surface area contributed by atoms with Crippen LogP contribution in [0.3, 0.4) is 0 Å². The second-order valence-corrected chi connectivity index (χ2v) is 8.49. The van der Waals surface area contributed by atoms with Crippen LogP contribution >= 0.6 is 11.6 Å². The van der Waals surface area contributed by atoms with E-state index in [9.17, 15) is 4.79 Å². The highest BCUT2D eigenvalue weighted by atomic mass is 35.5. The summed E-state index contributed by atoms with van der Waals surface area (Å²) in [6, 6.07) is 8.67. The first-order valence-electron chi connectivity index (χ1n) is 11.0. The van der Waals surface area contributed by atoms with E-state index in [2.05, 4.69) is 20.3 Å². The van der Waals surface area contributed by atoms with Gasteiger partial charge >= 0.3 is 0 Å². The fourth-order valence-corrected chi connectivity index (χ4v) is 4.34. The number of carbonyl (C=O) groups excluding carboxylic acids is 1. The number of hydrogen-bond acceptors (Lipinski definition) is 7. The monoisotopic (exact) mass is 495 g/mol. The maximum atomic E-state index is 15.2. The number of ether oxygens (including phenoxy) is 1. The van der Waals surface area contributed by atoms with Gasteiger partial charge in [0.1, 0.15) is 22.9 Å². The smallest absolute Gasteiger partial charge is 0.227 e. The van der Waals surface area contributed by atoms with E-state index in [0.29, 0.717) is 59.7 Å². The minimum absolute atomic E-state index is 0.0218. The summed E-state index contributed by atoms with van der Waals surface area (Å²) >= 11 is 6.40. The Hall–Kier alpha value is -3.92. The van der Waals surface area contributed by atoms with Crippen molar-refractivity contribution in [2.24, 2.45) is 0 Å². The van der Waals surface area contributed by atoms with Crippen molar-refractivity contribution >= 4 is 40.5 Å². The van der Waals surface area contributed by atoms with Crippen LogP contribution in [-0.4, -0.2) is 63.4 Å². The van der Waals surface area contributed by atoms with Crippen molar-refractivity contribution in [2.45, 2.75) is 6.92 Å². The molecule has 0 aliphatic carbocycles. The predicted molar refractivity (Wildman–Crippen MR) is 132 cm³/mol. The number of benzene rings is 1. The van der Waals surface area contributed by atoms with Gasteiger partial charge in [0, 0.05) is 51.4 Å². The Morgan fingerprint density at radius 2 is 1.94 bits per heavy atom. The van der Waals surface area contributed by atoms with Gasteiger partial charge in [0.25, 0.3) is 0 Å². The van der Waals surface area contributed by atoms with Gasteiger partial charge in [0.15, 0.2) is 0 Å². The lowest BCUT2D eigenvalue weighted by molar-refractivity contribution is -0.129. The zero-order valence-electron chi connectivity index (χ0n) is 19.2. The molecule has 0 spiro atoms. The molecule has 9 nitrogen and oxygen atoms in total. The van der Waals surface area contributed by atoms with Gasteiger partial charge in [-0.3, -0.25) is 9.20 Å². The number of piperazine rings is 1. The third kappa shape index (κ3) is 4.44. The second kappa shape index (κ2) is 9.38. The Morgan fingerprint density at radius 1 is 1.14 bits per heavy atom. The topological polar surface area (TPSA) is 87.9 Å². The summed E-state index contributed by atoms with van der Waals surface area (Å²) in [5.74, 6) is 0.273. The lowest BCUT2D eigenvalue weighted by Gasteiger charge is -2.36. The average molecular weight is 496 g/mol. The molecule has 4 heterocycles. The Labute approximate surface area is 206 Å². The standard InChI is InChI=1S/C24H23ClFN7O2/c1-15(34)31-7-9-32(10-8-31)19-12-21(35-2)18(11-17(19)26)29-24-28-13-16(25)23(30-24)20-14-27-22-5-3-4-6-33(20)22/h3-6,11-14H,7-10H2,1-2H3,(H,28,29,30). The summed E-state index contributed by atoms with van der Waals surface area (Å²) in [6.45, 7) is 3.70. The molecule has 1 aliphatic heterocycles. The number of anilines is 3. The second-order valence-electron chi connectivity index (χ2n) is 8.08. The molecule has 1 amide bonds. The van der Waals surface area contributed by atoms with Gasteiger partial charge in [-0.05, 0) is 12.1 Å². The Balaban J connectivity index is 1.43. The molecular weight excluding hydrogens is 473 g/mol. The number of imidazole rings is 1. The maximum Gasteiger partial charge on any atom is 0.227 e. The normalized spacial score (nSPS) is 13.8. The third-order valence-electron chi connectivity index (χ3n) is 5.98. The van der Waals surface area contributed by atoms with Crippen molar-refractivity contribution in [1.82, 2.24) is 24.3 Å². The molecule has 5 rings (SSSR count). The van der Waals surface area contributed by atoms with Crippen LogP contribution in [0.1, 0.15) is 6.92 Å². The number of methoxy groups -OCH3 is 1. The van der Waals surface area contributed by atoms with Crippen molar-refractivity contribution in [1.29, 1.82) is 0 Å². The quantitative estimate of drug-likeness (QED) is 0.447. The molecule has 1 N–H and O–H groups in total. The number of nitrogens with zero attached hydrogens (tertiary/aromatic N) is 6. The highest BCUT2D eigenvalue weighted by Crippen LogP contribution is 2.35. The summed E-state index contributed by atoms with van der Waals surface area (Å²) in [5, 5.41) is 3.41. The number of fused-ring (bicyclic) bond motifs is 1. The molecule has 180 valence electrons. The summed E-state index contributed by atoms with van der Waals surface area (Å²) in [6.07, 6.45) is 5.05. The van der Waals surface area contributed by atoms with E-state index in [4.69, 9.17) is 16.3 Å². The van der Waals surface area contributed by atoms with Crippen molar-refractivity contribution < 1.29 is 13.9 Å². The molecule has 0 atom stereocenters. The maximum absolute atomic E-state index is 15.2. The Morgan fingerprint density at radius 3 is 2.69 bits per heavy atom. The summed E-state index contributed by atoms with van der Waals surface area (Å²) in [4.78, 5) is 28.5. The summed E-state index contributed by atoms with van der Waals surface area (Å²) < 4.78 is 22.6. The van der Waals surface area contributed by atoms with Gasteiger partial charge in [-0.25, -0.2) is 19.3 Å². The summed E-state index contributed by atoms with van der Waals surface area (Å²) in [5.41, 5.74) is 2.74. The van der Waals surface area contributed by atoms with Crippen LogP contribution in [0.5, 0.6) is 5.75 Å². The highest BCUT2D eigenvalue weighted by Gasteiger charge is 2.23. The van der Waals surface area contributed by atoms with Crippen LogP contribution in [0.4, 0.5) is 21.7 Å². The van der Waals surface area contributed by atoms with Crippen LogP contribution in [0.15, 0.2) is 48.9 Å². The molecule has 1 fully saturated rings. The zero-order chi connectivity index (χ0) is 24.5. The first kappa shape index (κ1) is 22.9. The fraction of sp³-hybridized carbons (Fsp3) is 0.250. The molecule has 0 unspecified atom stereocenters. The molecule has 1 saturated heterocycles. The van der Waals surface area contributed by atoms with Gasteiger partial charge < -0.3 is 19.9 Å². The number of halogens is 2. The van der Waals surface area contributed by atoms with E-state index in [-0.39, 0.29) is 11.9 Å². The van der Waals surface area contributed by atoms with E-state index < -0.39 is 5.82 Å². The number of aromatic nitrogens is 4. The number of amides is 1. The number of carbonyl (C=O) groups is 1. The van der Waals surface area contributed by atoms with Crippen LogP contribution in [0.25, 0.3) is 17.0 Å². The zero-order valence-corrected chi connectivity index (χ0v) is 20.0. The molecule has 1 aromatic carbocycles. The minimum Gasteiger partial charge on any atom is -0.494 e. The van der Waals surface area contributed by atoms with E-state index in [1.165, 1.54) is 19.4 Å². The molecule has 0 bridgehead atoms. The molecule has 4 aromatic rings. The average Bonchev–Trinajstić information content (AvgIpc) is 3.29. The first-order chi connectivity index (χ1) is 16.9. The van der Waals surface area contributed by atoms with Crippen LogP contribution in [-0.2, 0) is 4.79 Å². The number of hydrogen-bond donors (Lipinski definition) is 1. The lowest BCUT2D eigenvalue weighted by atomic mass is 10.2. The van der Waals surface area contributed by atoms with E-state index in [0.717, 1.165) is 5.65 Å². The first-order valence-corrected chi connectivity index (χ1v) is 11.4. The van der Waals surface area contributed by atoms with E-state index in [1.54, 1.807) is 24.1 Å². The molecule has 35 heavy (non-hydrogen) atoms. The van der Waals surface area contributed by atoms with Gasteiger partial charge in [-0.15, -0.1) is 0 Å². The van der Waals surface area contributed by atoms with E-state index in [1.807, 2.05) is 33.7 Å². The van der Waals surface area contributed by atoms with Crippen LogP contribution < -0.4 is 15.0 Å². The Bertz CT molecular complexity index is 1400. The highest BCUT2D eigenvalue weighted by molar-refractivity contribution is 6.32. The molecule has 0 radical (unpaired) electrons. The van der Waals surface area contributed by atoms with Crippen molar-refractivity contribution in [3.8, 4) is 17.1 Å². The van der Waals surface area contributed by atoms with Gasteiger partial charge in [0.2, 0.25) is 11.9 Å². The predicted octanol–water partition coefficient (Wildman–Crippen LogP) is 4.00. The fourth-order valence-electron chi connectivity index (χ4n) is 4.15. The van der Waals surface area contributed by atoms with Gasteiger partial charge in [-0.2, -0.15) is 0 Å². The van der Waals surface area contributed by atoms with Crippen molar-refractivity contribution in [2.75, 3.05) is 43.5 Å². The van der Waals surface area contributed by atoms with Crippen LogP contribution in [0, 0.1) is 5.82 Å². The number of pyridine rings is 1. The summed E-state index contributed by atoms with van der Waals surface area (Å²) in [7, 11) is 1.52. The number of nitrogens with one attached hydrogen (secondary N) is 1. The molecule has 11 heteroatoms. The Kier molecular flexibility index (Phi) is 6.12. The lowest BCUT2D eigenvalue weighted by Crippen LogP contribution is -2.48. The molecular formula is C24H23ClFN7O2. The molecule has 0 saturated carbocycles. The third-order valence-corrected chi connectivity index (χ3v) is 6.26. The number of rotatable bonds is 5. The van der Waals surface area contributed by atoms with Gasteiger partial charge in [0.05, 0.1) is 41.6 Å². The molecule has 3 aromatic heterocycles. The minimum atomic E-state index is -0.416. The van der Waals surface area contributed by atoms with Crippen LogP contribution in [0.2, 0.25) is 5.02 Å². The SMILES string of the molecule is COc1cc(N2CCN(C(C)=O)CC2)c(F)cc1Nc1ncc(Cl)c(-c2cnc3ccccn23)n1. The largest absolute Gasteiger partial charge is 0.494 e. The van der Waals surface area contributed by atoms with E-state index >= 15 is 4.39 Å².